The molecule has 4 nitrogen and oxygen atoms in total. The summed E-state index contributed by atoms with van der Waals surface area (Å²) in [4.78, 5) is 2.06. The van der Waals surface area contributed by atoms with Crippen LogP contribution < -0.4 is 20.7 Å². The van der Waals surface area contributed by atoms with Crippen LogP contribution in [0.5, 0.6) is 0 Å². The van der Waals surface area contributed by atoms with Gasteiger partial charge in [0.1, 0.15) is 0 Å². The first-order chi connectivity index (χ1) is 10.1. The maximum atomic E-state index is 5.20. The van der Waals surface area contributed by atoms with Gasteiger partial charge in [0.25, 0.3) is 0 Å². The van der Waals surface area contributed by atoms with Gasteiger partial charge in [0.15, 0.2) is 6.21 Å². The fourth-order valence-electron chi connectivity index (χ4n) is 1.74. The van der Waals surface area contributed by atoms with Crippen LogP contribution >= 0.6 is 12.2 Å². The highest BCUT2D eigenvalue weighted by molar-refractivity contribution is 7.80. The van der Waals surface area contributed by atoms with Crippen molar-refractivity contribution in [3.63, 3.8) is 0 Å². The van der Waals surface area contributed by atoms with Crippen LogP contribution in [0.4, 0.5) is 11.4 Å². The second-order valence-corrected chi connectivity index (χ2v) is 5.13. The summed E-state index contributed by atoms with van der Waals surface area (Å²) in [6, 6.07) is 18.0. The van der Waals surface area contributed by atoms with E-state index in [9.17, 15) is 0 Å². The molecule has 0 saturated carbocycles. The van der Waals surface area contributed by atoms with Gasteiger partial charge in [-0.05, 0) is 48.6 Å². The number of hydrogen-bond acceptors (Lipinski definition) is 2. The Morgan fingerprint density at radius 3 is 2.33 bits per heavy atom. The molecule has 0 spiro atoms. The van der Waals surface area contributed by atoms with Crippen molar-refractivity contribution in [1.29, 1.82) is 0 Å². The van der Waals surface area contributed by atoms with Gasteiger partial charge in [-0.2, -0.15) is 0 Å². The van der Waals surface area contributed by atoms with Crippen molar-refractivity contribution >= 4 is 34.9 Å². The SMILES string of the molecule is CN(C)c1ccc(C=[NH+]NC(=S)Nc2ccccc2)cc1. The van der Waals surface area contributed by atoms with Gasteiger partial charge in [0, 0.05) is 31.0 Å². The largest absolute Gasteiger partial charge is 0.378 e. The molecule has 0 aliphatic carbocycles. The Hall–Kier alpha value is -2.40. The molecule has 108 valence electrons. The first-order valence-corrected chi connectivity index (χ1v) is 7.04. The number of hydrogen-bond donors (Lipinski definition) is 3. The quantitative estimate of drug-likeness (QED) is 0.450. The molecule has 3 N–H and O–H groups in total. The maximum absolute atomic E-state index is 5.20. The summed E-state index contributed by atoms with van der Waals surface area (Å²) in [7, 11) is 4.04. The van der Waals surface area contributed by atoms with Gasteiger partial charge in [-0.15, -0.1) is 10.5 Å². The van der Waals surface area contributed by atoms with Gasteiger partial charge in [0.2, 0.25) is 5.11 Å². The molecule has 0 unspecified atom stereocenters. The molecule has 0 aromatic heterocycles. The summed E-state index contributed by atoms with van der Waals surface area (Å²) in [6.45, 7) is 0. The highest BCUT2D eigenvalue weighted by Gasteiger charge is 1.98. The number of nitrogens with zero attached hydrogens (tertiary/aromatic N) is 1. The van der Waals surface area contributed by atoms with E-state index in [2.05, 4.69) is 32.9 Å². The van der Waals surface area contributed by atoms with E-state index in [0.29, 0.717) is 5.11 Å². The van der Waals surface area contributed by atoms with Crippen LogP contribution in [-0.2, 0) is 0 Å². The summed E-state index contributed by atoms with van der Waals surface area (Å²) in [5.74, 6) is 0. The van der Waals surface area contributed by atoms with Crippen molar-refractivity contribution in [3.05, 3.63) is 60.2 Å². The van der Waals surface area contributed by atoms with Crippen LogP contribution in [0, 0.1) is 0 Å². The third kappa shape index (κ3) is 4.89. The highest BCUT2D eigenvalue weighted by atomic mass is 32.1. The standard InChI is InChI=1S/C16H18N4S/c1-20(2)15-10-8-13(9-11-15)12-17-19-16(21)18-14-6-4-3-5-7-14/h3-12H,1-2H3,(H2,18,19,21)/p+1. The average Bonchev–Trinajstić information content (AvgIpc) is 2.49. The lowest BCUT2D eigenvalue weighted by atomic mass is 10.2. The Kier molecular flexibility index (Phi) is 5.29. The van der Waals surface area contributed by atoms with Crippen molar-refractivity contribution < 1.29 is 5.10 Å². The van der Waals surface area contributed by atoms with Crippen molar-refractivity contribution in [2.75, 3.05) is 24.3 Å². The maximum Gasteiger partial charge on any atom is 0.228 e. The van der Waals surface area contributed by atoms with Gasteiger partial charge >= 0.3 is 0 Å². The van der Waals surface area contributed by atoms with E-state index >= 15 is 0 Å². The molecule has 21 heavy (non-hydrogen) atoms. The molecule has 0 amide bonds. The minimum absolute atomic E-state index is 0.516. The first kappa shape index (κ1) is 15.0. The minimum atomic E-state index is 0.516. The molecular formula is C16H19N4S+. The number of rotatable bonds is 4. The normalized spacial score (nSPS) is 10.4. The van der Waals surface area contributed by atoms with E-state index in [-0.39, 0.29) is 0 Å². The summed E-state index contributed by atoms with van der Waals surface area (Å²) in [5.41, 5.74) is 6.11. The predicted molar refractivity (Wildman–Crippen MR) is 92.7 cm³/mol. The zero-order valence-corrected chi connectivity index (χ0v) is 12.9. The second-order valence-electron chi connectivity index (χ2n) is 4.72. The Morgan fingerprint density at radius 1 is 1.05 bits per heavy atom. The second kappa shape index (κ2) is 7.40. The number of hydrazone groups is 1. The molecule has 0 aliphatic rings. The van der Waals surface area contributed by atoms with Gasteiger partial charge in [0.05, 0.1) is 0 Å². The molecule has 0 saturated heterocycles. The number of thiocarbonyl (C=S) groups is 1. The number of anilines is 2. The first-order valence-electron chi connectivity index (χ1n) is 6.63. The number of hydrazine groups is 1. The van der Waals surface area contributed by atoms with Crippen LogP contribution in [-0.4, -0.2) is 25.4 Å². The van der Waals surface area contributed by atoms with Gasteiger partial charge in [-0.1, -0.05) is 18.2 Å². The van der Waals surface area contributed by atoms with Crippen LogP contribution in [0.15, 0.2) is 54.6 Å². The third-order valence-electron chi connectivity index (χ3n) is 2.87. The van der Waals surface area contributed by atoms with E-state index < -0.39 is 0 Å². The zero-order valence-electron chi connectivity index (χ0n) is 12.1. The molecular weight excluding hydrogens is 280 g/mol. The van der Waals surface area contributed by atoms with E-state index in [1.54, 1.807) is 0 Å². The van der Waals surface area contributed by atoms with E-state index in [0.717, 1.165) is 11.3 Å². The van der Waals surface area contributed by atoms with E-state index in [1.165, 1.54) is 5.69 Å². The summed E-state index contributed by atoms with van der Waals surface area (Å²) in [6.07, 6.45) is 1.86. The molecule has 0 radical (unpaired) electrons. The van der Waals surface area contributed by atoms with Crippen molar-refractivity contribution in [3.8, 4) is 0 Å². The number of nitrogens with one attached hydrogen (secondary N) is 3. The van der Waals surface area contributed by atoms with Crippen LogP contribution in [0.1, 0.15) is 5.56 Å². The van der Waals surface area contributed by atoms with Gasteiger partial charge < -0.3 is 10.2 Å². The molecule has 2 aromatic carbocycles. The molecule has 0 atom stereocenters. The van der Waals surface area contributed by atoms with E-state index in [1.807, 2.05) is 62.8 Å². The van der Waals surface area contributed by atoms with Crippen molar-refractivity contribution in [2.45, 2.75) is 0 Å². The molecule has 0 heterocycles. The summed E-state index contributed by atoms with van der Waals surface area (Å²) < 4.78 is 0. The van der Waals surface area contributed by atoms with Crippen molar-refractivity contribution in [1.82, 2.24) is 5.43 Å². The Labute approximate surface area is 130 Å². The Bertz CT molecular complexity index is 606. The molecule has 5 heteroatoms. The molecule has 2 rings (SSSR count). The Morgan fingerprint density at radius 2 is 1.71 bits per heavy atom. The van der Waals surface area contributed by atoms with E-state index in [4.69, 9.17) is 12.2 Å². The zero-order chi connectivity index (χ0) is 15.1. The lowest BCUT2D eigenvalue weighted by Crippen LogP contribution is -2.82. The lowest BCUT2D eigenvalue weighted by Gasteiger charge is -2.11. The van der Waals surface area contributed by atoms with Gasteiger partial charge in [-0.25, -0.2) is 0 Å². The average molecular weight is 299 g/mol. The van der Waals surface area contributed by atoms with Crippen LogP contribution in [0.25, 0.3) is 0 Å². The molecule has 0 bridgehead atoms. The molecule has 2 aromatic rings. The molecule has 0 aliphatic heterocycles. The van der Waals surface area contributed by atoms with Crippen LogP contribution in [0.3, 0.4) is 0 Å². The minimum Gasteiger partial charge on any atom is -0.378 e. The highest BCUT2D eigenvalue weighted by Crippen LogP contribution is 2.10. The van der Waals surface area contributed by atoms with Crippen molar-refractivity contribution in [2.24, 2.45) is 0 Å². The summed E-state index contributed by atoms with van der Waals surface area (Å²) in [5, 5.41) is 6.58. The van der Waals surface area contributed by atoms with Crippen LogP contribution in [0.2, 0.25) is 0 Å². The fourth-order valence-corrected chi connectivity index (χ4v) is 1.91. The fraction of sp³-hybridized carbons (Fsp3) is 0.125. The topological polar surface area (TPSA) is 41.3 Å². The third-order valence-corrected chi connectivity index (χ3v) is 3.07. The summed E-state index contributed by atoms with van der Waals surface area (Å²) >= 11 is 5.20. The predicted octanol–water partition coefficient (Wildman–Crippen LogP) is 1.15. The smallest absolute Gasteiger partial charge is 0.228 e. The number of para-hydroxylation sites is 1. The lowest BCUT2D eigenvalue weighted by molar-refractivity contribution is -0.499. The monoisotopic (exact) mass is 299 g/mol. The Balaban J connectivity index is 1.86. The molecule has 0 fully saturated rings. The van der Waals surface area contributed by atoms with Gasteiger partial charge in [-0.3, -0.25) is 0 Å². The number of benzene rings is 2.